The summed E-state index contributed by atoms with van der Waals surface area (Å²) in [6, 6.07) is 8.20. The molecule has 0 aliphatic heterocycles. The van der Waals surface area contributed by atoms with Crippen molar-refractivity contribution in [1.82, 2.24) is 5.32 Å². The lowest BCUT2D eigenvalue weighted by atomic mass is 10.2. The van der Waals surface area contributed by atoms with Crippen molar-refractivity contribution < 1.29 is 9.90 Å². The second kappa shape index (κ2) is 6.55. The van der Waals surface area contributed by atoms with E-state index in [9.17, 15) is 4.79 Å². The van der Waals surface area contributed by atoms with Crippen molar-refractivity contribution in [3.63, 3.8) is 0 Å². The van der Waals surface area contributed by atoms with Crippen LogP contribution in [0.15, 0.2) is 29.2 Å². The first-order valence-corrected chi connectivity index (χ1v) is 6.14. The standard InChI is InChI=1S/C12H17NO2S/c1-9(2)16-11-5-3-10(4-6-11)7-13-8-12(14)15/h3-6,9,13H,7-8H2,1-2H3,(H,14,15). The summed E-state index contributed by atoms with van der Waals surface area (Å²) >= 11 is 1.82. The summed E-state index contributed by atoms with van der Waals surface area (Å²) in [4.78, 5) is 11.5. The summed E-state index contributed by atoms with van der Waals surface area (Å²) in [6.45, 7) is 4.92. The Kier molecular flexibility index (Phi) is 5.35. The molecule has 0 aromatic heterocycles. The molecule has 0 atom stereocenters. The minimum absolute atomic E-state index is 0.00248. The lowest BCUT2D eigenvalue weighted by molar-refractivity contribution is -0.135. The zero-order chi connectivity index (χ0) is 12.0. The molecule has 88 valence electrons. The fraction of sp³-hybridized carbons (Fsp3) is 0.417. The number of nitrogens with one attached hydrogen (secondary N) is 1. The van der Waals surface area contributed by atoms with Gasteiger partial charge in [0.25, 0.3) is 0 Å². The Bertz CT molecular complexity index is 335. The molecule has 0 saturated carbocycles. The third-order valence-electron chi connectivity index (χ3n) is 1.90. The molecule has 1 aromatic carbocycles. The first-order chi connectivity index (χ1) is 7.58. The first-order valence-electron chi connectivity index (χ1n) is 5.26. The number of thioether (sulfide) groups is 1. The van der Waals surface area contributed by atoms with Crippen molar-refractivity contribution in [2.45, 2.75) is 30.5 Å². The van der Waals surface area contributed by atoms with Crippen LogP contribution in [-0.4, -0.2) is 22.9 Å². The molecule has 0 unspecified atom stereocenters. The van der Waals surface area contributed by atoms with Gasteiger partial charge < -0.3 is 10.4 Å². The third kappa shape index (κ3) is 5.19. The van der Waals surface area contributed by atoms with E-state index >= 15 is 0 Å². The summed E-state index contributed by atoms with van der Waals surface area (Å²) < 4.78 is 0. The van der Waals surface area contributed by atoms with E-state index in [0.29, 0.717) is 11.8 Å². The second-order valence-electron chi connectivity index (χ2n) is 3.81. The van der Waals surface area contributed by atoms with Crippen molar-refractivity contribution in [3.05, 3.63) is 29.8 Å². The van der Waals surface area contributed by atoms with Crippen molar-refractivity contribution in [1.29, 1.82) is 0 Å². The Morgan fingerprint density at radius 3 is 2.50 bits per heavy atom. The minimum Gasteiger partial charge on any atom is -0.480 e. The number of aliphatic carboxylic acids is 1. The van der Waals surface area contributed by atoms with Crippen LogP contribution in [0, 0.1) is 0 Å². The Hall–Kier alpha value is -1.00. The Balaban J connectivity index is 2.42. The van der Waals surface area contributed by atoms with Crippen LogP contribution in [0.4, 0.5) is 0 Å². The lowest BCUT2D eigenvalue weighted by Crippen LogP contribution is -2.21. The van der Waals surface area contributed by atoms with Gasteiger partial charge in [-0.1, -0.05) is 26.0 Å². The predicted molar refractivity (Wildman–Crippen MR) is 66.8 cm³/mol. The Labute approximate surface area is 100 Å². The predicted octanol–water partition coefficient (Wildman–Crippen LogP) is 2.36. The van der Waals surface area contributed by atoms with Crippen LogP contribution in [-0.2, 0) is 11.3 Å². The number of hydrogen-bond donors (Lipinski definition) is 2. The van der Waals surface area contributed by atoms with E-state index < -0.39 is 5.97 Å². The topological polar surface area (TPSA) is 49.3 Å². The maximum atomic E-state index is 10.3. The molecule has 3 nitrogen and oxygen atoms in total. The maximum Gasteiger partial charge on any atom is 0.317 e. The molecule has 0 spiro atoms. The van der Waals surface area contributed by atoms with E-state index in [1.807, 2.05) is 23.9 Å². The molecule has 0 bridgehead atoms. The molecule has 0 radical (unpaired) electrons. The van der Waals surface area contributed by atoms with Crippen LogP contribution in [0.25, 0.3) is 0 Å². The number of carboxylic acids is 1. The molecule has 2 N–H and O–H groups in total. The fourth-order valence-electron chi connectivity index (χ4n) is 1.27. The van der Waals surface area contributed by atoms with Gasteiger partial charge in [-0.2, -0.15) is 0 Å². The van der Waals surface area contributed by atoms with E-state index in [1.165, 1.54) is 4.90 Å². The SMILES string of the molecule is CC(C)Sc1ccc(CNCC(=O)O)cc1. The van der Waals surface area contributed by atoms with Crippen molar-refractivity contribution >= 4 is 17.7 Å². The molecule has 0 saturated heterocycles. The van der Waals surface area contributed by atoms with Crippen molar-refractivity contribution in [2.75, 3.05) is 6.54 Å². The van der Waals surface area contributed by atoms with Crippen LogP contribution >= 0.6 is 11.8 Å². The van der Waals surface area contributed by atoms with Gasteiger partial charge in [0.2, 0.25) is 0 Å². The molecule has 0 amide bonds. The van der Waals surface area contributed by atoms with Gasteiger partial charge in [-0.05, 0) is 17.7 Å². The molecular formula is C12H17NO2S. The maximum absolute atomic E-state index is 10.3. The molecule has 1 aromatic rings. The summed E-state index contributed by atoms with van der Waals surface area (Å²) in [5.74, 6) is -0.827. The molecule has 4 heteroatoms. The minimum atomic E-state index is -0.827. The van der Waals surface area contributed by atoms with Gasteiger partial charge in [-0.25, -0.2) is 0 Å². The third-order valence-corrected chi connectivity index (χ3v) is 2.92. The summed E-state index contributed by atoms with van der Waals surface area (Å²) in [5.41, 5.74) is 1.11. The van der Waals surface area contributed by atoms with Gasteiger partial charge in [0.15, 0.2) is 0 Å². The molecule has 1 rings (SSSR count). The molecule has 0 aliphatic carbocycles. The van der Waals surface area contributed by atoms with Gasteiger partial charge in [-0.15, -0.1) is 11.8 Å². The Morgan fingerprint density at radius 2 is 2.00 bits per heavy atom. The highest BCUT2D eigenvalue weighted by atomic mass is 32.2. The number of rotatable bonds is 6. The van der Waals surface area contributed by atoms with Crippen LogP contribution in [0.5, 0.6) is 0 Å². The van der Waals surface area contributed by atoms with E-state index in [1.54, 1.807) is 0 Å². The molecule has 0 fully saturated rings. The number of carbonyl (C=O) groups is 1. The fourth-order valence-corrected chi connectivity index (χ4v) is 2.11. The van der Waals surface area contributed by atoms with E-state index in [4.69, 9.17) is 5.11 Å². The smallest absolute Gasteiger partial charge is 0.317 e. The normalized spacial score (nSPS) is 10.7. The van der Waals surface area contributed by atoms with E-state index in [-0.39, 0.29) is 6.54 Å². The largest absolute Gasteiger partial charge is 0.480 e. The highest BCUT2D eigenvalue weighted by Gasteiger charge is 1.99. The average molecular weight is 239 g/mol. The second-order valence-corrected chi connectivity index (χ2v) is 5.46. The van der Waals surface area contributed by atoms with E-state index in [2.05, 4.69) is 31.3 Å². The molecule has 16 heavy (non-hydrogen) atoms. The van der Waals surface area contributed by atoms with Gasteiger partial charge in [0.1, 0.15) is 0 Å². The van der Waals surface area contributed by atoms with Crippen LogP contribution in [0.2, 0.25) is 0 Å². The summed E-state index contributed by atoms with van der Waals surface area (Å²) in [5, 5.41) is 11.9. The van der Waals surface area contributed by atoms with Gasteiger partial charge in [-0.3, -0.25) is 4.79 Å². The average Bonchev–Trinajstić information content (AvgIpc) is 2.19. The molecule has 0 heterocycles. The number of carboxylic acid groups (broad SMARTS) is 1. The van der Waals surface area contributed by atoms with E-state index in [0.717, 1.165) is 5.56 Å². The number of hydrogen-bond acceptors (Lipinski definition) is 3. The van der Waals surface area contributed by atoms with Crippen LogP contribution < -0.4 is 5.32 Å². The molecule has 0 aliphatic rings. The highest BCUT2D eigenvalue weighted by molar-refractivity contribution is 7.99. The summed E-state index contributed by atoms with van der Waals surface area (Å²) in [7, 11) is 0. The van der Waals surface area contributed by atoms with Crippen molar-refractivity contribution in [3.8, 4) is 0 Å². The summed E-state index contributed by atoms with van der Waals surface area (Å²) in [6.07, 6.45) is 0. The molecular weight excluding hydrogens is 222 g/mol. The lowest BCUT2D eigenvalue weighted by Gasteiger charge is -2.06. The Morgan fingerprint density at radius 1 is 1.38 bits per heavy atom. The highest BCUT2D eigenvalue weighted by Crippen LogP contribution is 2.22. The van der Waals surface area contributed by atoms with Crippen molar-refractivity contribution in [2.24, 2.45) is 0 Å². The van der Waals surface area contributed by atoms with Crippen LogP contribution in [0.3, 0.4) is 0 Å². The first kappa shape index (κ1) is 13.1. The van der Waals surface area contributed by atoms with Gasteiger partial charge in [0, 0.05) is 16.7 Å². The van der Waals surface area contributed by atoms with Gasteiger partial charge >= 0.3 is 5.97 Å². The zero-order valence-corrected chi connectivity index (χ0v) is 10.4. The monoisotopic (exact) mass is 239 g/mol. The number of benzene rings is 1. The quantitative estimate of drug-likeness (QED) is 0.748. The zero-order valence-electron chi connectivity index (χ0n) is 9.56. The van der Waals surface area contributed by atoms with Gasteiger partial charge in [0.05, 0.1) is 6.54 Å². The van der Waals surface area contributed by atoms with Crippen LogP contribution in [0.1, 0.15) is 19.4 Å².